The van der Waals surface area contributed by atoms with Gasteiger partial charge in [-0.25, -0.2) is 9.78 Å². The van der Waals surface area contributed by atoms with E-state index in [0.29, 0.717) is 6.07 Å². The number of aromatic nitrogens is 1. The van der Waals surface area contributed by atoms with Crippen LogP contribution in [0.1, 0.15) is 39.2 Å². The fourth-order valence-corrected chi connectivity index (χ4v) is 2.33. The third-order valence-corrected chi connectivity index (χ3v) is 3.28. The van der Waals surface area contributed by atoms with Gasteiger partial charge in [0.05, 0.1) is 0 Å². The molecule has 1 aliphatic rings. The van der Waals surface area contributed by atoms with E-state index in [9.17, 15) is 27.2 Å². The fourth-order valence-electron chi connectivity index (χ4n) is 2.33. The van der Waals surface area contributed by atoms with E-state index in [-0.39, 0.29) is 18.7 Å². The van der Waals surface area contributed by atoms with E-state index >= 15 is 0 Å². The lowest BCUT2D eigenvalue weighted by Crippen LogP contribution is -2.42. The maximum Gasteiger partial charge on any atom is 0.420 e. The van der Waals surface area contributed by atoms with E-state index in [1.807, 2.05) is 0 Å². The second-order valence-electron chi connectivity index (χ2n) is 6.36. The van der Waals surface area contributed by atoms with Gasteiger partial charge >= 0.3 is 12.1 Å². The maximum atomic E-state index is 13.6. The first-order chi connectivity index (χ1) is 10.9. The van der Waals surface area contributed by atoms with Crippen LogP contribution in [0.2, 0.25) is 0 Å². The summed E-state index contributed by atoms with van der Waals surface area (Å²) in [5, 5.41) is 0. The topological polar surface area (TPSA) is 59.5 Å². The van der Waals surface area contributed by atoms with Crippen molar-refractivity contribution < 1.29 is 31.9 Å². The molecule has 24 heavy (non-hydrogen) atoms. The van der Waals surface area contributed by atoms with Crippen molar-refractivity contribution in [2.75, 3.05) is 4.90 Å². The average Bonchev–Trinajstić information content (AvgIpc) is 2.77. The Labute approximate surface area is 135 Å². The number of halogens is 4. The van der Waals surface area contributed by atoms with Crippen LogP contribution in [0.25, 0.3) is 0 Å². The Bertz CT molecular complexity index is 668. The minimum atomic E-state index is -4.89. The van der Waals surface area contributed by atoms with Crippen LogP contribution < -0.4 is 4.90 Å². The minimum Gasteiger partial charge on any atom is -0.458 e. The van der Waals surface area contributed by atoms with Gasteiger partial charge in [-0.05, 0) is 39.3 Å². The van der Waals surface area contributed by atoms with E-state index in [1.54, 1.807) is 20.8 Å². The number of nitrogens with zero attached hydrogens (tertiary/aromatic N) is 2. The SMILES string of the molecule is CC(C)(C)OC(=O)[C@@H]1CCC(=O)N1c1ccc(C(F)(F)F)c(F)n1. The summed E-state index contributed by atoms with van der Waals surface area (Å²) in [5.74, 6) is -3.34. The van der Waals surface area contributed by atoms with Crippen molar-refractivity contribution in [1.29, 1.82) is 0 Å². The zero-order valence-electron chi connectivity index (χ0n) is 13.3. The predicted molar refractivity (Wildman–Crippen MR) is 75.6 cm³/mol. The van der Waals surface area contributed by atoms with Crippen LogP contribution in [0.15, 0.2) is 12.1 Å². The number of pyridine rings is 1. The second-order valence-corrected chi connectivity index (χ2v) is 6.36. The molecule has 0 N–H and O–H groups in total. The molecule has 9 heteroatoms. The Hall–Kier alpha value is -2.19. The molecule has 1 aromatic heterocycles. The van der Waals surface area contributed by atoms with Crippen LogP contribution in [0.5, 0.6) is 0 Å². The van der Waals surface area contributed by atoms with Gasteiger partial charge in [-0.1, -0.05) is 0 Å². The van der Waals surface area contributed by atoms with Crippen molar-refractivity contribution in [2.24, 2.45) is 0 Å². The van der Waals surface area contributed by atoms with Gasteiger partial charge < -0.3 is 4.74 Å². The van der Waals surface area contributed by atoms with Crippen LogP contribution in [0.4, 0.5) is 23.4 Å². The van der Waals surface area contributed by atoms with E-state index in [0.717, 1.165) is 11.0 Å². The van der Waals surface area contributed by atoms with Gasteiger partial charge in [0, 0.05) is 6.42 Å². The van der Waals surface area contributed by atoms with Gasteiger partial charge in [0.2, 0.25) is 11.9 Å². The number of rotatable bonds is 2. The van der Waals surface area contributed by atoms with Gasteiger partial charge in [0.1, 0.15) is 23.0 Å². The van der Waals surface area contributed by atoms with Gasteiger partial charge in [-0.2, -0.15) is 17.6 Å². The highest BCUT2D eigenvalue weighted by atomic mass is 19.4. The fraction of sp³-hybridized carbons (Fsp3) is 0.533. The molecule has 0 aliphatic carbocycles. The van der Waals surface area contributed by atoms with Crippen LogP contribution in [-0.2, 0) is 20.5 Å². The van der Waals surface area contributed by atoms with E-state index in [1.165, 1.54) is 0 Å². The number of carbonyl (C=O) groups excluding carboxylic acids is 2. The molecule has 1 fully saturated rings. The molecule has 132 valence electrons. The van der Waals surface area contributed by atoms with Crippen LogP contribution in [0, 0.1) is 5.95 Å². The number of amides is 1. The van der Waals surface area contributed by atoms with Crippen LogP contribution in [-0.4, -0.2) is 28.5 Å². The van der Waals surface area contributed by atoms with E-state index < -0.39 is 41.2 Å². The Morgan fingerprint density at radius 3 is 2.42 bits per heavy atom. The lowest BCUT2D eigenvalue weighted by molar-refractivity contribution is -0.156. The van der Waals surface area contributed by atoms with E-state index in [4.69, 9.17) is 4.74 Å². The van der Waals surface area contributed by atoms with Crippen molar-refractivity contribution in [1.82, 2.24) is 4.98 Å². The lowest BCUT2D eigenvalue weighted by atomic mass is 10.1. The molecule has 0 radical (unpaired) electrons. The summed E-state index contributed by atoms with van der Waals surface area (Å²) in [6.07, 6.45) is -4.78. The molecule has 5 nitrogen and oxygen atoms in total. The molecule has 2 rings (SSSR count). The Morgan fingerprint density at radius 2 is 1.92 bits per heavy atom. The summed E-state index contributed by atoms with van der Waals surface area (Å²) in [7, 11) is 0. The quantitative estimate of drug-likeness (QED) is 0.468. The second kappa shape index (κ2) is 6.03. The first kappa shape index (κ1) is 18.2. The van der Waals surface area contributed by atoms with Gasteiger partial charge in [-0.15, -0.1) is 0 Å². The zero-order chi connectivity index (χ0) is 18.3. The molecular weight excluding hydrogens is 332 g/mol. The molecule has 0 spiro atoms. The normalized spacial score (nSPS) is 18.9. The highest BCUT2D eigenvalue weighted by molar-refractivity contribution is 6.01. The number of ether oxygens (including phenoxy) is 1. The lowest BCUT2D eigenvalue weighted by Gasteiger charge is -2.27. The number of hydrogen-bond donors (Lipinski definition) is 0. The summed E-state index contributed by atoms with van der Waals surface area (Å²) < 4.78 is 56.6. The van der Waals surface area contributed by atoms with Crippen LogP contribution >= 0.6 is 0 Å². The molecule has 2 heterocycles. The number of carbonyl (C=O) groups is 2. The standard InChI is InChI=1S/C15H16F4N2O3/c1-14(2,3)24-13(23)9-5-7-11(22)21(9)10-6-4-8(12(16)20-10)15(17,18)19/h4,6,9H,5,7H2,1-3H3/t9-/m0/s1. The molecular formula is C15H16F4N2O3. The molecule has 1 aliphatic heterocycles. The van der Waals surface area contributed by atoms with Crippen LogP contribution in [0.3, 0.4) is 0 Å². The van der Waals surface area contributed by atoms with Crippen molar-refractivity contribution in [3.63, 3.8) is 0 Å². The molecule has 1 amide bonds. The summed E-state index contributed by atoms with van der Waals surface area (Å²) >= 11 is 0. The number of hydrogen-bond acceptors (Lipinski definition) is 4. The largest absolute Gasteiger partial charge is 0.458 e. The summed E-state index contributed by atoms with van der Waals surface area (Å²) in [6.45, 7) is 4.92. The van der Waals surface area contributed by atoms with Crippen molar-refractivity contribution in [2.45, 2.75) is 51.4 Å². The predicted octanol–water partition coefficient (Wildman–Crippen LogP) is 3.08. The summed E-state index contributed by atoms with van der Waals surface area (Å²) in [5.41, 5.74) is -2.33. The number of esters is 1. The van der Waals surface area contributed by atoms with Crippen molar-refractivity contribution in [3.8, 4) is 0 Å². The maximum absolute atomic E-state index is 13.6. The first-order valence-electron chi connectivity index (χ1n) is 7.19. The van der Waals surface area contributed by atoms with Gasteiger partial charge in [-0.3, -0.25) is 9.69 Å². The highest BCUT2D eigenvalue weighted by Crippen LogP contribution is 2.33. The Kier molecular flexibility index (Phi) is 4.56. The number of anilines is 1. The Morgan fingerprint density at radius 1 is 1.29 bits per heavy atom. The molecule has 1 aromatic rings. The smallest absolute Gasteiger partial charge is 0.420 e. The van der Waals surface area contributed by atoms with Crippen molar-refractivity contribution >= 4 is 17.7 Å². The van der Waals surface area contributed by atoms with Gasteiger partial charge in [0.25, 0.3) is 0 Å². The third kappa shape index (κ3) is 3.82. The molecule has 0 bridgehead atoms. The molecule has 0 unspecified atom stereocenters. The molecule has 0 saturated carbocycles. The molecule has 1 saturated heterocycles. The van der Waals surface area contributed by atoms with Crippen molar-refractivity contribution in [3.05, 3.63) is 23.6 Å². The summed E-state index contributed by atoms with van der Waals surface area (Å²) in [6, 6.07) is 0.322. The molecule has 1 atom stereocenters. The van der Waals surface area contributed by atoms with Gasteiger partial charge in [0.15, 0.2) is 0 Å². The third-order valence-electron chi connectivity index (χ3n) is 3.28. The summed E-state index contributed by atoms with van der Waals surface area (Å²) in [4.78, 5) is 28.3. The number of alkyl halides is 3. The monoisotopic (exact) mass is 348 g/mol. The minimum absolute atomic E-state index is 0.00572. The Balaban J connectivity index is 2.33. The molecule has 0 aromatic carbocycles. The zero-order valence-corrected chi connectivity index (χ0v) is 13.3. The highest BCUT2D eigenvalue weighted by Gasteiger charge is 2.41. The van der Waals surface area contributed by atoms with E-state index in [2.05, 4.69) is 4.98 Å². The average molecular weight is 348 g/mol. The first-order valence-corrected chi connectivity index (χ1v) is 7.19.